The van der Waals surface area contributed by atoms with Crippen molar-refractivity contribution in [2.75, 3.05) is 29.0 Å². The van der Waals surface area contributed by atoms with E-state index in [9.17, 15) is 0 Å². The van der Waals surface area contributed by atoms with E-state index in [2.05, 4.69) is 20.3 Å². The highest BCUT2D eigenvalue weighted by Gasteiger charge is 2.09. The maximum Gasteiger partial charge on any atom is 0.231 e. The van der Waals surface area contributed by atoms with Crippen LogP contribution in [0.5, 0.6) is 0 Å². The SMILES string of the molecule is CCN(CC)c1nc(N)nc(NCc2ccccc2Cl)n1. The summed E-state index contributed by atoms with van der Waals surface area (Å²) >= 11 is 6.12. The van der Waals surface area contributed by atoms with Crippen LogP contribution in [-0.2, 0) is 6.54 Å². The summed E-state index contributed by atoms with van der Waals surface area (Å²) in [5.41, 5.74) is 6.73. The van der Waals surface area contributed by atoms with E-state index >= 15 is 0 Å². The van der Waals surface area contributed by atoms with Crippen molar-refractivity contribution >= 4 is 29.4 Å². The van der Waals surface area contributed by atoms with Crippen molar-refractivity contribution in [3.05, 3.63) is 34.9 Å². The van der Waals surface area contributed by atoms with Crippen LogP contribution in [0.3, 0.4) is 0 Å². The fourth-order valence-corrected chi connectivity index (χ4v) is 2.13. The van der Waals surface area contributed by atoms with Gasteiger partial charge in [0.25, 0.3) is 0 Å². The third-order valence-electron chi connectivity index (χ3n) is 3.08. The maximum atomic E-state index is 6.12. The van der Waals surface area contributed by atoms with E-state index < -0.39 is 0 Å². The number of hydrogen-bond acceptors (Lipinski definition) is 6. The van der Waals surface area contributed by atoms with Crippen molar-refractivity contribution in [3.63, 3.8) is 0 Å². The van der Waals surface area contributed by atoms with Gasteiger partial charge in [-0.1, -0.05) is 29.8 Å². The van der Waals surface area contributed by atoms with Crippen molar-refractivity contribution in [1.29, 1.82) is 0 Å². The summed E-state index contributed by atoms with van der Waals surface area (Å²) in [6.45, 7) is 6.23. The molecule has 0 bridgehead atoms. The van der Waals surface area contributed by atoms with Crippen molar-refractivity contribution in [2.24, 2.45) is 0 Å². The van der Waals surface area contributed by atoms with Gasteiger partial charge in [0.15, 0.2) is 0 Å². The number of nitrogen functional groups attached to an aromatic ring is 1. The van der Waals surface area contributed by atoms with Crippen LogP contribution in [0, 0.1) is 0 Å². The van der Waals surface area contributed by atoms with E-state index in [-0.39, 0.29) is 5.95 Å². The molecule has 2 aromatic rings. The Morgan fingerprint density at radius 2 is 1.86 bits per heavy atom. The second-order valence-corrected chi connectivity index (χ2v) is 4.84. The van der Waals surface area contributed by atoms with E-state index in [0.29, 0.717) is 23.5 Å². The fourth-order valence-electron chi connectivity index (χ4n) is 1.92. The molecule has 21 heavy (non-hydrogen) atoms. The van der Waals surface area contributed by atoms with Gasteiger partial charge in [-0.3, -0.25) is 0 Å². The number of nitrogens with one attached hydrogen (secondary N) is 1. The molecule has 0 saturated heterocycles. The summed E-state index contributed by atoms with van der Waals surface area (Å²) in [5, 5.41) is 3.84. The first kappa shape index (κ1) is 15.3. The van der Waals surface area contributed by atoms with E-state index in [1.807, 2.05) is 43.0 Å². The Morgan fingerprint density at radius 1 is 1.14 bits per heavy atom. The van der Waals surface area contributed by atoms with Crippen LogP contribution >= 0.6 is 11.6 Å². The van der Waals surface area contributed by atoms with Crippen molar-refractivity contribution < 1.29 is 0 Å². The summed E-state index contributed by atoms with van der Waals surface area (Å²) < 4.78 is 0. The highest BCUT2D eigenvalue weighted by atomic mass is 35.5. The first-order chi connectivity index (χ1) is 10.1. The molecular weight excluding hydrogens is 288 g/mol. The summed E-state index contributed by atoms with van der Waals surface area (Å²) in [7, 11) is 0. The summed E-state index contributed by atoms with van der Waals surface area (Å²) in [6, 6.07) is 7.63. The summed E-state index contributed by atoms with van der Waals surface area (Å²) in [5.74, 6) is 1.23. The monoisotopic (exact) mass is 306 g/mol. The molecule has 7 heteroatoms. The second kappa shape index (κ2) is 7.08. The number of benzene rings is 1. The number of nitrogens with two attached hydrogens (primary N) is 1. The second-order valence-electron chi connectivity index (χ2n) is 4.43. The first-order valence-corrected chi connectivity index (χ1v) is 7.25. The molecule has 1 aromatic heterocycles. The lowest BCUT2D eigenvalue weighted by molar-refractivity contribution is 0.814. The minimum atomic E-state index is 0.202. The van der Waals surface area contributed by atoms with E-state index in [4.69, 9.17) is 17.3 Å². The molecule has 1 heterocycles. The number of anilines is 3. The zero-order valence-electron chi connectivity index (χ0n) is 12.2. The molecule has 0 aliphatic carbocycles. The lowest BCUT2D eigenvalue weighted by Crippen LogP contribution is -2.25. The molecule has 0 aliphatic rings. The zero-order chi connectivity index (χ0) is 15.2. The van der Waals surface area contributed by atoms with Gasteiger partial charge in [0.2, 0.25) is 17.8 Å². The molecule has 1 aromatic carbocycles. The van der Waals surface area contributed by atoms with Gasteiger partial charge in [-0.2, -0.15) is 15.0 Å². The number of aromatic nitrogens is 3. The molecule has 6 nitrogen and oxygen atoms in total. The molecule has 0 fully saturated rings. The standard InChI is InChI=1S/C14H19ClN6/c1-3-21(4-2)14-19-12(16)18-13(20-14)17-9-10-7-5-6-8-11(10)15/h5-8H,3-4,9H2,1-2H3,(H3,16,17,18,19,20). The van der Waals surface area contributed by atoms with Gasteiger partial charge in [0.05, 0.1) is 0 Å². The number of hydrogen-bond donors (Lipinski definition) is 2. The number of nitrogens with zero attached hydrogens (tertiary/aromatic N) is 4. The van der Waals surface area contributed by atoms with Crippen molar-refractivity contribution in [2.45, 2.75) is 20.4 Å². The number of rotatable bonds is 6. The quantitative estimate of drug-likeness (QED) is 0.854. The molecule has 0 amide bonds. The molecule has 0 atom stereocenters. The van der Waals surface area contributed by atoms with Crippen LogP contribution < -0.4 is 16.0 Å². The Morgan fingerprint density at radius 3 is 2.52 bits per heavy atom. The van der Waals surface area contributed by atoms with Crippen molar-refractivity contribution in [1.82, 2.24) is 15.0 Å². The first-order valence-electron chi connectivity index (χ1n) is 6.87. The highest BCUT2D eigenvalue weighted by Crippen LogP contribution is 2.17. The van der Waals surface area contributed by atoms with Gasteiger partial charge in [0.1, 0.15) is 0 Å². The van der Waals surface area contributed by atoms with Crippen LogP contribution in [0.4, 0.5) is 17.8 Å². The average Bonchev–Trinajstić information content (AvgIpc) is 2.47. The largest absolute Gasteiger partial charge is 0.368 e. The van der Waals surface area contributed by atoms with Crippen molar-refractivity contribution in [3.8, 4) is 0 Å². The lowest BCUT2D eigenvalue weighted by atomic mass is 10.2. The van der Waals surface area contributed by atoms with Gasteiger partial charge in [-0.05, 0) is 25.5 Å². The summed E-state index contributed by atoms with van der Waals surface area (Å²) in [4.78, 5) is 14.7. The van der Waals surface area contributed by atoms with Crippen LogP contribution in [0.15, 0.2) is 24.3 Å². The van der Waals surface area contributed by atoms with Crippen LogP contribution in [0.25, 0.3) is 0 Å². The predicted molar refractivity (Wildman–Crippen MR) is 86.6 cm³/mol. The topological polar surface area (TPSA) is 80.0 Å². The average molecular weight is 307 g/mol. The molecule has 0 saturated carbocycles. The van der Waals surface area contributed by atoms with Crippen LogP contribution in [0.2, 0.25) is 5.02 Å². The molecule has 3 N–H and O–H groups in total. The molecule has 0 spiro atoms. The van der Waals surface area contributed by atoms with Gasteiger partial charge in [-0.15, -0.1) is 0 Å². The molecule has 0 aliphatic heterocycles. The van der Waals surface area contributed by atoms with E-state index in [1.54, 1.807) is 0 Å². The number of halogens is 1. The normalized spacial score (nSPS) is 10.4. The maximum absolute atomic E-state index is 6.12. The minimum Gasteiger partial charge on any atom is -0.368 e. The fraction of sp³-hybridized carbons (Fsp3) is 0.357. The molecule has 2 rings (SSSR count). The smallest absolute Gasteiger partial charge is 0.231 e. The molecular formula is C14H19ClN6. The van der Waals surface area contributed by atoms with E-state index in [0.717, 1.165) is 18.7 Å². The Hall–Kier alpha value is -2.08. The predicted octanol–water partition coefficient (Wildman–Crippen LogP) is 2.57. The molecule has 0 radical (unpaired) electrons. The third kappa shape index (κ3) is 3.95. The Labute approximate surface area is 129 Å². The Kier molecular flexibility index (Phi) is 5.16. The molecule has 0 unspecified atom stereocenters. The molecule has 112 valence electrons. The van der Waals surface area contributed by atoms with Gasteiger partial charge in [0, 0.05) is 24.7 Å². The summed E-state index contributed by atoms with van der Waals surface area (Å²) in [6.07, 6.45) is 0. The highest BCUT2D eigenvalue weighted by molar-refractivity contribution is 6.31. The minimum absolute atomic E-state index is 0.202. The van der Waals surface area contributed by atoms with Crippen LogP contribution in [-0.4, -0.2) is 28.0 Å². The van der Waals surface area contributed by atoms with Crippen LogP contribution in [0.1, 0.15) is 19.4 Å². The van der Waals surface area contributed by atoms with E-state index in [1.165, 1.54) is 0 Å². The Bertz CT molecular complexity index is 600. The Balaban J connectivity index is 2.15. The third-order valence-corrected chi connectivity index (χ3v) is 3.45. The van der Waals surface area contributed by atoms with Gasteiger partial charge >= 0.3 is 0 Å². The zero-order valence-corrected chi connectivity index (χ0v) is 12.9. The van der Waals surface area contributed by atoms with Gasteiger partial charge < -0.3 is 16.0 Å². The van der Waals surface area contributed by atoms with Gasteiger partial charge in [-0.25, -0.2) is 0 Å². The lowest BCUT2D eigenvalue weighted by Gasteiger charge is -2.19.